The standard InChI is InChI=1S/C25H30F2N4O5S/c1-3-20(19-8-6-17(10-28-19)35-11-16-4-5-16)36-21-9-7-18(22(26)23(21)27)24(32)29-37(33,34)31-14-25(15-31)12-30(2)13-25/h6-10,16,20H,3-5,11-15H2,1-2H3,(H,29,32)/t20-/m1/s1. The largest absolute Gasteiger partial charge is 0.492 e. The van der Waals surface area contributed by atoms with E-state index in [0.29, 0.717) is 30.4 Å². The Morgan fingerprint density at radius 1 is 1.16 bits per heavy atom. The molecule has 1 amide bonds. The van der Waals surface area contributed by atoms with Crippen molar-refractivity contribution >= 4 is 16.1 Å². The quantitative estimate of drug-likeness (QED) is 0.498. The Morgan fingerprint density at radius 2 is 1.89 bits per heavy atom. The number of benzene rings is 1. The maximum Gasteiger partial charge on any atom is 0.304 e. The van der Waals surface area contributed by atoms with Crippen molar-refractivity contribution in [1.29, 1.82) is 0 Å². The lowest BCUT2D eigenvalue weighted by atomic mass is 9.75. The number of nitrogens with zero attached hydrogens (tertiary/aromatic N) is 3. The molecule has 1 aromatic heterocycles. The Bertz CT molecular complexity index is 1270. The maximum atomic E-state index is 14.9. The molecule has 1 spiro atoms. The average Bonchev–Trinajstić information content (AvgIpc) is 3.64. The van der Waals surface area contributed by atoms with Crippen LogP contribution in [0.15, 0.2) is 30.5 Å². The van der Waals surface area contributed by atoms with Gasteiger partial charge in [0.25, 0.3) is 5.91 Å². The van der Waals surface area contributed by atoms with E-state index >= 15 is 0 Å². The molecule has 200 valence electrons. The van der Waals surface area contributed by atoms with E-state index in [2.05, 4.69) is 9.88 Å². The van der Waals surface area contributed by atoms with Crippen LogP contribution in [-0.2, 0) is 10.2 Å². The zero-order valence-corrected chi connectivity index (χ0v) is 21.6. The number of carbonyl (C=O) groups is 1. The van der Waals surface area contributed by atoms with Gasteiger partial charge >= 0.3 is 10.2 Å². The van der Waals surface area contributed by atoms with Crippen LogP contribution in [0, 0.1) is 23.0 Å². The predicted molar refractivity (Wildman–Crippen MR) is 130 cm³/mol. The average molecular weight is 537 g/mol. The Morgan fingerprint density at radius 3 is 2.49 bits per heavy atom. The lowest BCUT2D eigenvalue weighted by Gasteiger charge is -2.58. The number of aromatic nitrogens is 1. The van der Waals surface area contributed by atoms with Crippen molar-refractivity contribution in [2.24, 2.45) is 11.3 Å². The first-order chi connectivity index (χ1) is 17.6. The molecule has 1 aliphatic carbocycles. The van der Waals surface area contributed by atoms with E-state index in [0.717, 1.165) is 29.5 Å². The first kappa shape index (κ1) is 25.8. The lowest BCUT2D eigenvalue weighted by Crippen LogP contribution is -2.73. The second kappa shape index (κ2) is 9.80. The summed E-state index contributed by atoms with van der Waals surface area (Å²) in [5.74, 6) is -3.29. The van der Waals surface area contributed by atoms with Crippen molar-refractivity contribution in [3.05, 3.63) is 53.4 Å². The van der Waals surface area contributed by atoms with Crippen LogP contribution in [0.25, 0.3) is 0 Å². The number of nitrogens with one attached hydrogen (secondary N) is 1. The van der Waals surface area contributed by atoms with Crippen LogP contribution in [0.5, 0.6) is 11.5 Å². The van der Waals surface area contributed by atoms with Gasteiger partial charge in [-0.25, -0.2) is 9.11 Å². The summed E-state index contributed by atoms with van der Waals surface area (Å²) in [6.45, 7) is 4.58. The van der Waals surface area contributed by atoms with Gasteiger partial charge in [0.2, 0.25) is 5.82 Å². The number of hydrogen-bond donors (Lipinski definition) is 1. The number of pyridine rings is 1. The fourth-order valence-corrected chi connectivity index (χ4v) is 6.24. The molecule has 37 heavy (non-hydrogen) atoms. The second-order valence-corrected chi connectivity index (χ2v) is 12.0. The third kappa shape index (κ3) is 5.41. The monoisotopic (exact) mass is 536 g/mol. The van der Waals surface area contributed by atoms with E-state index in [-0.39, 0.29) is 18.5 Å². The zero-order valence-electron chi connectivity index (χ0n) is 20.7. The molecule has 1 aromatic carbocycles. The van der Waals surface area contributed by atoms with Gasteiger partial charge in [-0.1, -0.05) is 6.92 Å². The van der Waals surface area contributed by atoms with Crippen molar-refractivity contribution in [3.8, 4) is 11.5 Å². The normalized spacial score (nSPS) is 20.1. The molecular weight excluding hydrogens is 506 g/mol. The minimum atomic E-state index is -4.17. The molecule has 1 saturated carbocycles. The van der Waals surface area contributed by atoms with E-state index in [1.54, 1.807) is 18.3 Å². The number of amides is 1. The molecular formula is C25H30F2N4O5S. The predicted octanol–water partition coefficient (Wildman–Crippen LogP) is 2.90. The number of halogens is 2. The molecule has 2 aromatic rings. The minimum Gasteiger partial charge on any atom is -0.492 e. The number of carbonyl (C=O) groups excluding carboxylic acids is 1. The van der Waals surface area contributed by atoms with Gasteiger partial charge in [0.15, 0.2) is 11.6 Å². The first-order valence-electron chi connectivity index (χ1n) is 12.3. The first-order valence-corrected chi connectivity index (χ1v) is 13.8. The number of ether oxygens (including phenoxy) is 2. The van der Waals surface area contributed by atoms with E-state index in [9.17, 15) is 22.0 Å². The smallest absolute Gasteiger partial charge is 0.304 e. The molecule has 2 saturated heterocycles. The van der Waals surface area contributed by atoms with Crippen LogP contribution in [0.1, 0.15) is 48.3 Å². The fourth-order valence-electron chi connectivity index (χ4n) is 4.88. The van der Waals surface area contributed by atoms with Crippen LogP contribution in [0.3, 0.4) is 0 Å². The van der Waals surface area contributed by atoms with Crippen LogP contribution in [0.2, 0.25) is 0 Å². The lowest BCUT2D eigenvalue weighted by molar-refractivity contribution is -0.0675. The Balaban J connectivity index is 1.22. The summed E-state index contributed by atoms with van der Waals surface area (Å²) in [6, 6.07) is 5.58. The van der Waals surface area contributed by atoms with E-state index < -0.39 is 45.2 Å². The molecule has 0 bridgehead atoms. The van der Waals surface area contributed by atoms with Gasteiger partial charge in [-0.05, 0) is 56.5 Å². The molecule has 9 nitrogen and oxygen atoms in total. The topological polar surface area (TPSA) is 101 Å². The van der Waals surface area contributed by atoms with Gasteiger partial charge < -0.3 is 14.4 Å². The molecule has 3 aliphatic rings. The van der Waals surface area contributed by atoms with Crippen molar-refractivity contribution in [2.75, 3.05) is 39.8 Å². The molecule has 2 aliphatic heterocycles. The minimum absolute atomic E-state index is 0.0858. The number of rotatable bonds is 10. The van der Waals surface area contributed by atoms with Crippen molar-refractivity contribution in [1.82, 2.24) is 18.9 Å². The summed E-state index contributed by atoms with van der Waals surface area (Å²) in [5.41, 5.74) is -0.299. The Hall–Kier alpha value is -2.83. The van der Waals surface area contributed by atoms with Crippen LogP contribution in [0.4, 0.5) is 8.78 Å². The summed E-state index contributed by atoms with van der Waals surface area (Å²) in [7, 11) is -2.23. The van der Waals surface area contributed by atoms with Crippen molar-refractivity contribution in [2.45, 2.75) is 32.3 Å². The summed E-state index contributed by atoms with van der Waals surface area (Å²) in [6.07, 6.45) is 3.66. The molecule has 5 rings (SSSR count). The highest BCUT2D eigenvalue weighted by molar-refractivity contribution is 7.87. The van der Waals surface area contributed by atoms with Gasteiger partial charge in [-0.3, -0.25) is 9.78 Å². The third-order valence-corrected chi connectivity index (χ3v) is 8.38. The van der Waals surface area contributed by atoms with Crippen molar-refractivity contribution < 1.29 is 31.5 Å². The zero-order chi connectivity index (χ0) is 26.4. The Kier molecular flexibility index (Phi) is 6.84. The van der Waals surface area contributed by atoms with Crippen molar-refractivity contribution in [3.63, 3.8) is 0 Å². The summed E-state index contributed by atoms with van der Waals surface area (Å²) in [5, 5.41) is 0. The SMILES string of the molecule is CC[C@@H](Oc1ccc(C(=O)NS(=O)(=O)N2CC3(CN(C)C3)C2)c(F)c1F)c1ccc(OCC2CC2)cn1. The summed E-state index contributed by atoms with van der Waals surface area (Å²) in [4.78, 5) is 18.9. The van der Waals surface area contributed by atoms with Crippen LogP contribution in [-0.4, -0.2) is 68.3 Å². The van der Waals surface area contributed by atoms with Gasteiger partial charge in [0.05, 0.1) is 24.1 Å². The summed E-state index contributed by atoms with van der Waals surface area (Å²) >= 11 is 0. The van der Waals surface area contributed by atoms with E-state index in [1.165, 1.54) is 12.8 Å². The summed E-state index contributed by atoms with van der Waals surface area (Å²) < 4.78 is 69.1. The van der Waals surface area contributed by atoms with Gasteiger partial charge in [0, 0.05) is 31.6 Å². The van der Waals surface area contributed by atoms with Gasteiger partial charge in [-0.2, -0.15) is 17.1 Å². The molecule has 1 atom stereocenters. The van der Waals surface area contributed by atoms with Gasteiger partial charge in [0.1, 0.15) is 11.9 Å². The molecule has 1 N–H and O–H groups in total. The molecule has 0 radical (unpaired) electrons. The second-order valence-electron chi connectivity index (χ2n) is 10.3. The van der Waals surface area contributed by atoms with Crippen LogP contribution < -0.4 is 14.2 Å². The third-order valence-electron chi connectivity index (χ3n) is 7.00. The highest BCUT2D eigenvalue weighted by Crippen LogP contribution is 2.40. The maximum absolute atomic E-state index is 14.9. The van der Waals surface area contributed by atoms with E-state index in [1.807, 2.05) is 18.7 Å². The highest BCUT2D eigenvalue weighted by atomic mass is 32.2. The molecule has 3 heterocycles. The molecule has 12 heteroatoms. The fraction of sp³-hybridized carbons (Fsp3) is 0.520. The highest BCUT2D eigenvalue weighted by Gasteiger charge is 2.54. The Labute approximate surface area is 214 Å². The van der Waals surface area contributed by atoms with Crippen LogP contribution >= 0.6 is 0 Å². The molecule has 3 fully saturated rings. The van der Waals surface area contributed by atoms with Gasteiger partial charge in [-0.15, -0.1) is 0 Å². The molecule has 0 unspecified atom stereocenters. The number of hydrogen-bond acceptors (Lipinski definition) is 7. The van der Waals surface area contributed by atoms with E-state index in [4.69, 9.17) is 9.47 Å². The number of likely N-dealkylation sites (tertiary alicyclic amines) is 1.